The Hall–Kier alpha value is -1.84. The molecule has 0 bridgehead atoms. The molecule has 114 valence electrons. The van der Waals surface area contributed by atoms with E-state index < -0.39 is 12.0 Å². The third-order valence-corrected chi connectivity index (χ3v) is 4.17. The first-order chi connectivity index (χ1) is 10.1. The average Bonchev–Trinajstić information content (AvgIpc) is 2.99. The minimum absolute atomic E-state index is 0.148. The van der Waals surface area contributed by atoms with Gasteiger partial charge in [-0.1, -0.05) is 56.0 Å². The molecule has 4 heteroatoms. The van der Waals surface area contributed by atoms with Gasteiger partial charge >= 0.3 is 5.97 Å². The number of amides is 1. The van der Waals surface area contributed by atoms with Crippen LogP contribution < -0.4 is 5.32 Å². The van der Waals surface area contributed by atoms with E-state index in [1.807, 2.05) is 30.3 Å². The maximum absolute atomic E-state index is 11.9. The molecule has 0 spiro atoms. The van der Waals surface area contributed by atoms with Gasteiger partial charge in [-0.3, -0.25) is 4.79 Å². The number of nitrogens with one attached hydrogen (secondary N) is 1. The van der Waals surface area contributed by atoms with Gasteiger partial charge in [0, 0.05) is 12.8 Å². The zero-order valence-corrected chi connectivity index (χ0v) is 12.3. The first-order valence-corrected chi connectivity index (χ1v) is 7.71. The average molecular weight is 289 g/mol. The van der Waals surface area contributed by atoms with Gasteiger partial charge in [0.1, 0.15) is 6.04 Å². The van der Waals surface area contributed by atoms with Crippen LogP contribution in [0.3, 0.4) is 0 Å². The number of carboxylic acid groups (broad SMARTS) is 1. The highest BCUT2D eigenvalue weighted by Gasteiger charge is 2.21. The molecule has 1 saturated carbocycles. The Labute approximate surface area is 125 Å². The van der Waals surface area contributed by atoms with E-state index >= 15 is 0 Å². The second-order valence-electron chi connectivity index (χ2n) is 5.84. The minimum atomic E-state index is -0.979. The number of carbonyl (C=O) groups is 2. The van der Waals surface area contributed by atoms with Crippen LogP contribution in [0.5, 0.6) is 0 Å². The second-order valence-corrected chi connectivity index (χ2v) is 5.84. The lowest BCUT2D eigenvalue weighted by atomic mass is 10.0. The molecule has 2 N–H and O–H groups in total. The summed E-state index contributed by atoms with van der Waals surface area (Å²) in [7, 11) is 0. The molecule has 21 heavy (non-hydrogen) atoms. The van der Waals surface area contributed by atoms with Crippen LogP contribution in [0.1, 0.15) is 44.1 Å². The molecular formula is C17H23NO3. The summed E-state index contributed by atoms with van der Waals surface area (Å²) in [6, 6.07) is 8.54. The molecule has 1 fully saturated rings. The number of hydrogen-bond acceptors (Lipinski definition) is 2. The van der Waals surface area contributed by atoms with Crippen LogP contribution >= 0.6 is 0 Å². The van der Waals surface area contributed by atoms with Crippen molar-refractivity contribution in [3.8, 4) is 0 Å². The van der Waals surface area contributed by atoms with Gasteiger partial charge in [0.05, 0.1) is 0 Å². The van der Waals surface area contributed by atoms with Crippen molar-refractivity contribution in [2.75, 3.05) is 0 Å². The standard InChI is InChI=1S/C17H23NO3/c19-16(11-10-13-6-4-5-7-13)18-15(17(20)21)12-14-8-2-1-3-9-14/h1-3,8-9,13,15H,4-7,10-12H2,(H,18,19)(H,20,21)/t15-/m0/s1. The van der Waals surface area contributed by atoms with E-state index in [0.717, 1.165) is 12.0 Å². The van der Waals surface area contributed by atoms with E-state index in [4.69, 9.17) is 0 Å². The van der Waals surface area contributed by atoms with Gasteiger partial charge in [-0.15, -0.1) is 0 Å². The molecular weight excluding hydrogens is 266 g/mol. The fourth-order valence-corrected chi connectivity index (χ4v) is 2.95. The maximum atomic E-state index is 11.9. The molecule has 1 aromatic rings. The number of benzene rings is 1. The molecule has 0 aliphatic heterocycles. The highest BCUT2D eigenvalue weighted by Crippen LogP contribution is 2.28. The van der Waals surface area contributed by atoms with Gasteiger partial charge in [0.25, 0.3) is 0 Å². The van der Waals surface area contributed by atoms with Crippen LogP contribution in [0, 0.1) is 5.92 Å². The predicted octanol–water partition coefficient (Wildman–Crippen LogP) is 2.77. The zero-order chi connectivity index (χ0) is 15.1. The Balaban J connectivity index is 1.81. The molecule has 1 aliphatic carbocycles. The quantitative estimate of drug-likeness (QED) is 0.811. The van der Waals surface area contributed by atoms with Gasteiger partial charge in [-0.2, -0.15) is 0 Å². The molecule has 1 atom stereocenters. The van der Waals surface area contributed by atoms with E-state index in [9.17, 15) is 14.7 Å². The third-order valence-electron chi connectivity index (χ3n) is 4.17. The molecule has 4 nitrogen and oxygen atoms in total. The monoisotopic (exact) mass is 289 g/mol. The highest BCUT2D eigenvalue weighted by atomic mass is 16.4. The molecule has 2 rings (SSSR count). The molecule has 0 radical (unpaired) electrons. The Morgan fingerprint density at radius 3 is 2.48 bits per heavy atom. The van der Waals surface area contributed by atoms with E-state index in [2.05, 4.69) is 5.32 Å². The molecule has 0 aromatic heterocycles. The van der Waals surface area contributed by atoms with Crippen molar-refractivity contribution in [1.29, 1.82) is 0 Å². The van der Waals surface area contributed by atoms with Crippen LogP contribution in [-0.2, 0) is 16.0 Å². The molecule has 1 aliphatic rings. The summed E-state index contributed by atoms with van der Waals surface area (Å²) >= 11 is 0. The topological polar surface area (TPSA) is 66.4 Å². The second kappa shape index (κ2) is 7.81. The number of carbonyl (C=O) groups excluding carboxylic acids is 1. The molecule has 1 amide bonds. The van der Waals surface area contributed by atoms with Crippen LogP contribution in [0.4, 0.5) is 0 Å². The van der Waals surface area contributed by atoms with E-state index in [1.165, 1.54) is 25.7 Å². The van der Waals surface area contributed by atoms with Crippen molar-refractivity contribution in [2.45, 2.75) is 51.0 Å². The fraction of sp³-hybridized carbons (Fsp3) is 0.529. The third kappa shape index (κ3) is 5.21. The smallest absolute Gasteiger partial charge is 0.326 e. The number of carboxylic acids is 1. The minimum Gasteiger partial charge on any atom is -0.480 e. The van der Waals surface area contributed by atoms with Gasteiger partial charge in [-0.25, -0.2) is 4.79 Å². The van der Waals surface area contributed by atoms with E-state index in [-0.39, 0.29) is 5.91 Å². The normalized spacial score (nSPS) is 16.6. The molecule has 0 heterocycles. The summed E-state index contributed by atoms with van der Waals surface area (Å²) in [6.07, 6.45) is 6.58. The van der Waals surface area contributed by atoms with E-state index in [1.54, 1.807) is 0 Å². The SMILES string of the molecule is O=C(CCC1CCCC1)N[C@@H](Cc1ccccc1)C(=O)O. The van der Waals surface area contributed by atoms with Crippen LogP contribution in [0.15, 0.2) is 30.3 Å². The number of hydrogen-bond donors (Lipinski definition) is 2. The fourth-order valence-electron chi connectivity index (χ4n) is 2.95. The predicted molar refractivity (Wildman–Crippen MR) is 80.9 cm³/mol. The Morgan fingerprint density at radius 1 is 1.19 bits per heavy atom. The van der Waals surface area contributed by atoms with Crippen LogP contribution in [0.25, 0.3) is 0 Å². The van der Waals surface area contributed by atoms with Crippen molar-refractivity contribution in [1.82, 2.24) is 5.32 Å². The van der Waals surface area contributed by atoms with Crippen molar-refractivity contribution in [3.63, 3.8) is 0 Å². The number of aliphatic carboxylic acids is 1. The molecule has 0 unspecified atom stereocenters. The maximum Gasteiger partial charge on any atom is 0.326 e. The van der Waals surface area contributed by atoms with Gasteiger partial charge < -0.3 is 10.4 Å². The lowest BCUT2D eigenvalue weighted by Gasteiger charge is -2.15. The first-order valence-electron chi connectivity index (χ1n) is 7.71. The van der Waals surface area contributed by atoms with E-state index in [0.29, 0.717) is 18.8 Å². The first kappa shape index (κ1) is 15.5. The summed E-state index contributed by atoms with van der Waals surface area (Å²) in [5.74, 6) is -0.480. The van der Waals surface area contributed by atoms with Crippen molar-refractivity contribution in [3.05, 3.63) is 35.9 Å². The summed E-state index contributed by atoms with van der Waals surface area (Å²) in [4.78, 5) is 23.2. The number of rotatable bonds is 7. The van der Waals surface area contributed by atoms with Crippen molar-refractivity contribution >= 4 is 11.9 Å². The summed E-state index contributed by atoms with van der Waals surface area (Å²) in [5, 5.41) is 11.9. The van der Waals surface area contributed by atoms with Crippen LogP contribution in [-0.4, -0.2) is 23.0 Å². The summed E-state index contributed by atoms with van der Waals surface area (Å²) in [5.41, 5.74) is 0.918. The molecule has 0 saturated heterocycles. The van der Waals surface area contributed by atoms with Crippen molar-refractivity contribution in [2.24, 2.45) is 5.92 Å². The Bertz CT molecular complexity index is 466. The lowest BCUT2D eigenvalue weighted by Crippen LogP contribution is -2.42. The summed E-state index contributed by atoms with van der Waals surface area (Å²) in [6.45, 7) is 0. The summed E-state index contributed by atoms with van der Waals surface area (Å²) < 4.78 is 0. The van der Waals surface area contributed by atoms with Gasteiger partial charge in [0.2, 0.25) is 5.91 Å². The van der Waals surface area contributed by atoms with Crippen molar-refractivity contribution < 1.29 is 14.7 Å². The molecule has 1 aromatic carbocycles. The Kier molecular flexibility index (Phi) is 5.78. The lowest BCUT2D eigenvalue weighted by molar-refractivity contribution is -0.141. The largest absolute Gasteiger partial charge is 0.480 e. The Morgan fingerprint density at radius 2 is 1.86 bits per heavy atom. The van der Waals surface area contributed by atoms with Gasteiger partial charge in [0.15, 0.2) is 0 Å². The highest BCUT2D eigenvalue weighted by molar-refractivity contribution is 5.83. The van der Waals surface area contributed by atoms with Crippen LogP contribution in [0.2, 0.25) is 0 Å². The van der Waals surface area contributed by atoms with Gasteiger partial charge in [-0.05, 0) is 17.9 Å². The zero-order valence-electron chi connectivity index (χ0n) is 12.3.